The van der Waals surface area contributed by atoms with Crippen LogP contribution in [-0.2, 0) is 6.54 Å². The van der Waals surface area contributed by atoms with Gasteiger partial charge in [-0.1, -0.05) is 36.2 Å². The van der Waals surface area contributed by atoms with Crippen LogP contribution >= 0.6 is 0 Å². The number of nitrogens with one attached hydrogen (secondary N) is 1. The molecule has 19 heavy (non-hydrogen) atoms. The summed E-state index contributed by atoms with van der Waals surface area (Å²) in [6.07, 6.45) is 2.78. The fraction of sp³-hybridized carbons (Fsp3) is 0.647. The fourth-order valence-electron chi connectivity index (χ4n) is 3.10. The van der Waals surface area contributed by atoms with Gasteiger partial charge in [0, 0.05) is 13.1 Å². The van der Waals surface area contributed by atoms with E-state index >= 15 is 0 Å². The molecule has 0 amide bonds. The fourth-order valence-corrected chi connectivity index (χ4v) is 3.10. The summed E-state index contributed by atoms with van der Waals surface area (Å²) in [6, 6.07) is 6.80. The third-order valence-corrected chi connectivity index (χ3v) is 3.87. The third kappa shape index (κ3) is 4.96. The third-order valence-electron chi connectivity index (χ3n) is 3.87. The summed E-state index contributed by atoms with van der Waals surface area (Å²) in [7, 11) is 0. The maximum absolute atomic E-state index is 3.60. The number of hydrogen-bond donors (Lipinski definition) is 1. The summed E-state index contributed by atoms with van der Waals surface area (Å²) in [5.74, 6) is 0.740. The molecule has 1 aliphatic rings. The van der Waals surface area contributed by atoms with E-state index in [-0.39, 0.29) is 0 Å². The SMILES string of the molecule is Cc1cc(C)cc(CNCC(C)CN2CCCC2)c1. The number of likely N-dealkylation sites (tertiary alicyclic amines) is 1. The Morgan fingerprint density at radius 2 is 1.74 bits per heavy atom. The van der Waals surface area contributed by atoms with Crippen molar-refractivity contribution in [1.82, 2.24) is 10.2 Å². The second-order valence-corrected chi connectivity index (χ2v) is 6.24. The molecule has 0 bridgehead atoms. The first-order valence-electron chi connectivity index (χ1n) is 7.64. The monoisotopic (exact) mass is 260 g/mol. The quantitative estimate of drug-likeness (QED) is 0.845. The van der Waals surface area contributed by atoms with Crippen LogP contribution in [0.1, 0.15) is 36.5 Å². The summed E-state index contributed by atoms with van der Waals surface area (Å²) < 4.78 is 0. The second kappa shape index (κ2) is 7.06. The molecule has 0 radical (unpaired) electrons. The van der Waals surface area contributed by atoms with Gasteiger partial charge in [0.1, 0.15) is 0 Å². The molecule has 1 saturated heterocycles. The van der Waals surface area contributed by atoms with Gasteiger partial charge in [0.25, 0.3) is 0 Å². The van der Waals surface area contributed by atoms with Crippen molar-refractivity contribution in [3.05, 3.63) is 34.9 Å². The van der Waals surface area contributed by atoms with Crippen molar-refractivity contribution >= 4 is 0 Å². The maximum Gasteiger partial charge on any atom is 0.0205 e. The van der Waals surface area contributed by atoms with Crippen molar-refractivity contribution in [2.45, 2.75) is 40.2 Å². The van der Waals surface area contributed by atoms with E-state index in [0.717, 1.165) is 19.0 Å². The molecule has 2 heteroatoms. The first kappa shape index (κ1) is 14.5. The summed E-state index contributed by atoms with van der Waals surface area (Å²) in [4.78, 5) is 2.60. The average Bonchev–Trinajstić information content (AvgIpc) is 2.80. The Morgan fingerprint density at radius 1 is 1.11 bits per heavy atom. The zero-order valence-corrected chi connectivity index (χ0v) is 12.7. The van der Waals surface area contributed by atoms with Gasteiger partial charge in [-0.3, -0.25) is 0 Å². The van der Waals surface area contributed by atoms with Crippen LogP contribution < -0.4 is 5.32 Å². The van der Waals surface area contributed by atoms with Crippen molar-refractivity contribution < 1.29 is 0 Å². The standard InChI is InChI=1S/C17H28N2/c1-14-8-15(2)10-17(9-14)12-18-11-16(3)13-19-6-4-5-7-19/h8-10,16,18H,4-7,11-13H2,1-3H3. The minimum Gasteiger partial charge on any atom is -0.312 e. The van der Waals surface area contributed by atoms with E-state index in [4.69, 9.17) is 0 Å². The molecule has 106 valence electrons. The molecule has 1 fully saturated rings. The molecular formula is C17H28N2. The van der Waals surface area contributed by atoms with Crippen molar-refractivity contribution in [2.75, 3.05) is 26.2 Å². The van der Waals surface area contributed by atoms with Crippen molar-refractivity contribution in [3.63, 3.8) is 0 Å². The zero-order chi connectivity index (χ0) is 13.7. The van der Waals surface area contributed by atoms with Crippen molar-refractivity contribution in [2.24, 2.45) is 5.92 Å². The maximum atomic E-state index is 3.60. The molecule has 1 aromatic rings. The highest BCUT2D eigenvalue weighted by Crippen LogP contribution is 2.11. The van der Waals surface area contributed by atoms with Crippen LogP contribution in [-0.4, -0.2) is 31.1 Å². The molecule has 1 N–H and O–H groups in total. The zero-order valence-electron chi connectivity index (χ0n) is 12.7. The molecule has 1 atom stereocenters. The smallest absolute Gasteiger partial charge is 0.0205 e. The van der Waals surface area contributed by atoms with E-state index in [1.54, 1.807) is 0 Å². The van der Waals surface area contributed by atoms with Crippen LogP contribution in [0.15, 0.2) is 18.2 Å². The Balaban J connectivity index is 1.70. The highest BCUT2D eigenvalue weighted by atomic mass is 15.1. The molecule has 0 aliphatic carbocycles. The number of hydrogen-bond acceptors (Lipinski definition) is 2. The topological polar surface area (TPSA) is 15.3 Å². The lowest BCUT2D eigenvalue weighted by Gasteiger charge is -2.20. The van der Waals surface area contributed by atoms with E-state index < -0.39 is 0 Å². The van der Waals surface area contributed by atoms with Crippen molar-refractivity contribution in [3.8, 4) is 0 Å². The molecule has 0 aromatic heterocycles. The predicted molar refractivity (Wildman–Crippen MR) is 82.5 cm³/mol. The van der Waals surface area contributed by atoms with E-state index in [0.29, 0.717) is 0 Å². The van der Waals surface area contributed by atoms with Gasteiger partial charge >= 0.3 is 0 Å². The molecule has 1 aliphatic heterocycles. The number of aryl methyl sites for hydroxylation is 2. The number of benzene rings is 1. The van der Waals surface area contributed by atoms with Crippen LogP contribution in [0.4, 0.5) is 0 Å². The second-order valence-electron chi connectivity index (χ2n) is 6.24. The van der Waals surface area contributed by atoms with E-state index in [1.165, 1.54) is 49.2 Å². The van der Waals surface area contributed by atoms with E-state index in [1.807, 2.05) is 0 Å². The van der Waals surface area contributed by atoms with Gasteiger partial charge in [-0.25, -0.2) is 0 Å². The molecule has 1 heterocycles. The van der Waals surface area contributed by atoms with E-state index in [2.05, 4.69) is 49.2 Å². The van der Waals surface area contributed by atoms with Crippen LogP contribution in [0.25, 0.3) is 0 Å². The Morgan fingerprint density at radius 3 is 2.37 bits per heavy atom. The number of nitrogens with zero attached hydrogens (tertiary/aromatic N) is 1. The largest absolute Gasteiger partial charge is 0.312 e. The van der Waals surface area contributed by atoms with Gasteiger partial charge < -0.3 is 10.2 Å². The first-order valence-corrected chi connectivity index (χ1v) is 7.64. The summed E-state index contributed by atoms with van der Waals surface area (Å²) in [5.41, 5.74) is 4.13. The highest BCUT2D eigenvalue weighted by Gasteiger charge is 2.14. The van der Waals surface area contributed by atoms with Crippen molar-refractivity contribution in [1.29, 1.82) is 0 Å². The Kier molecular flexibility index (Phi) is 5.41. The van der Waals surface area contributed by atoms with Gasteiger partial charge in [0.05, 0.1) is 0 Å². The summed E-state index contributed by atoms with van der Waals surface area (Å²) in [5, 5.41) is 3.60. The molecule has 1 unspecified atom stereocenters. The van der Waals surface area contributed by atoms with Crippen LogP contribution in [0.3, 0.4) is 0 Å². The Bertz CT molecular complexity index is 374. The van der Waals surface area contributed by atoms with Gasteiger partial charge in [-0.15, -0.1) is 0 Å². The molecule has 2 nitrogen and oxygen atoms in total. The number of rotatable bonds is 6. The Labute approximate surface area is 118 Å². The summed E-state index contributed by atoms with van der Waals surface area (Å²) in [6.45, 7) is 12.7. The predicted octanol–water partition coefficient (Wildman–Crippen LogP) is 3.12. The lowest BCUT2D eigenvalue weighted by Crippen LogP contribution is -2.31. The molecular weight excluding hydrogens is 232 g/mol. The van der Waals surface area contributed by atoms with Gasteiger partial charge in [-0.2, -0.15) is 0 Å². The molecule has 0 spiro atoms. The molecule has 1 aromatic carbocycles. The van der Waals surface area contributed by atoms with Gasteiger partial charge in [0.2, 0.25) is 0 Å². The first-order chi connectivity index (χ1) is 9.13. The van der Waals surface area contributed by atoms with Gasteiger partial charge in [0.15, 0.2) is 0 Å². The lowest BCUT2D eigenvalue weighted by molar-refractivity contribution is 0.282. The minimum absolute atomic E-state index is 0.740. The Hall–Kier alpha value is -0.860. The highest BCUT2D eigenvalue weighted by molar-refractivity contribution is 5.28. The van der Waals surface area contributed by atoms with Crippen LogP contribution in [0.5, 0.6) is 0 Å². The average molecular weight is 260 g/mol. The van der Waals surface area contributed by atoms with Crippen LogP contribution in [0, 0.1) is 19.8 Å². The van der Waals surface area contributed by atoms with Crippen LogP contribution in [0.2, 0.25) is 0 Å². The normalized spacial score (nSPS) is 17.8. The lowest BCUT2D eigenvalue weighted by atomic mass is 10.1. The van der Waals surface area contributed by atoms with E-state index in [9.17, 15) is 0 Å². The minimum atomic E-state index is 0.740. The summed E-state index contributed by atoms with van der Waals surface area (Å²) >= 11 is 0. The van der Waals surface area contributed by atoms with Gasteiger partial charge in [-0.05, 0) is 57.8 Å². The molecule has 0 saturated carbocycles. The molecule has 2 rings (SSSR count).